The first-order chi connectivity index (χ1) is 14.6. The van der Waals surface area contributed by atoms with E-state index < -0.39 is 0 Å². The number of hydrogen-bond donors (Lipinski definition) is 0. The summed E-state index contributed by atoms with van der Waals surface area (Å²) in [5, 5.41) is 9.09. The highest BCUT2D eigenvalue weighted by atomic mass is 16.5. The molecule has 4 rings (SSSR count). The molecule has 0 unspecified atom stereocenters. The monoisotopic (exact) mass is 394 g/mol. The number of nitrogens with zero attached hydrogens (tertiary/aromatic N) is 2. The van der Waals surface area contributed by atoms with E-state index in [1.807, 2.05) is 36.4 Å². The van der Waals surface area contributed by atoms with E-state index in [9.17, 15) is 9.59 Å². The number of methoxy groups -OCH3 is 1. The van der Waals surface area contributed by atoms with Crippen LogP contribution in [0.25, 0.3) is 12.2 Å². The molecule has 146 valence electrons. The molecule has 0 fully saturated rings. The van der Waals surface area contributed by atoms with E-state index in [-0.39, 0.29) is 18.4 Å². The summed E-state index contributed by atoms with van der Waals surface area (Å²) < 4.78 is 5.34. The van der Waals surface area contributed by atoms with Gasteiger partial charge in [-0.25, -0.2) is 0 Å². The van der Waals surface area contributed by atoms with Crippen molar-refractivity contribution in [3.8, 4) is 11.8 Å². The molecule has 30 heavy (non-hydrogen) atoms. The van der Waals surface area contributed by atoms with E-state index in [4.69, 9.17) is 10.00 Å². The number of nitriles is 1. The van der Waals surface area contributed by atoms with Crippen LogP contribution in [0.1, 0.15) is 43.0 Å². The lowest BCUT2D eigenvalue weighted by molar-refractivity contribution is 0.0642. The van der Waals surface area contributed by atoms with Gasteiger partial charge in [-0.3, -0.25) is 14.5 Å². The van der Waals surface area contributed by atoms with Crippen LogP contribution in [0.2, 0.25) is 0 Å². The molecular formula is C25H18N2O3. The standard InChI is InChI=1S/C25H18N2O3/c1-30-23-13-11-19(15-26)14-20(23)12-10-17-6-8-18(9-7-17)16-27-24(28)21-4-2-3-5-22(21)25(27)29/h2-14H,16H2,1H3/b12-10+. The highest BCUT2D eigenvalue weighted by molar-refractivity contribution is 6.21. The van der Waals surface area contributed by atoms with Gasteiger partial charge in [0.1, 0.15) is 5.75 Å². The number of ether oxygens (including phenoxy) is 1. The van der Waals surface area contributed by atoms with E-state index in [1.54, 1.807) is 49.6 Å². The summed E-state index contributed by atoms with van der Waals surface area (Å²) in [5.74, 6) is 0.167. The molecule has 0 saturated heterocycles. The maximum atomic E-state index is 12.5. The number of rotatable bonds is 5. The van der Waals surface area contributed by atoms with Crippen molar-refractivity contribution in [3.05, 3.63) is 100 Å². The van der Waals surface area contributed by atoms with E-state index in [2.05, 4.69) is 6.07 Å². The molecule has 5 nitrogen and oxygen atoms in total. The lowest BCUT2D eigenvalue weighted by atomic mass is 10.1. The summed E-state index contributed by atoms with van der Waals surface area (Å²) in [5.41, 5.74) is 4.10. The zero-order valence-electron chi connectivity index (χ0n) is 16.3. The predicted octanol–water partition coefficient (Wildman–Crippen LogP) is 4.53. The fourth-order valence-corrected chi connectivity index (χ4v) is 3.42. The topological polar surface area (TPSA) is 70.4 Å². The van der Waals surface area contributed by atoms with Gasteiger partial charge in [-0.1, -0.05) is 48.6 Å². The second-order valence-electron chi connectivity index (χ2n) is 6.89. The van der Waals surface area contributed by atoms with Crippen LogP contribution >= 0.6 is 0 Å². The number of fused-ring (bicyclic) bond motifs is 1. The fourth-order valence-electron chi connectivity index (χ4n) is 3.42. The fraction of sp³-hybridized carbons (Fsp3) is 0.0800. The second kappa shape index (κ2) is 8.06. The van der Waals surface area contributed by atoms with Crippen molar-refractivity contribution >= 4 is 24.0 Å². The summed E-state index contributed by atoms with van der Waals surface area (Å²) in [7, 11) is 1.59. The van der Waals surface area contributed by atoms with Crippen LogP contribution in [0.15, 0.2) is 66.7 Å². The molecule has 5 heteroatoms. The Morgan fingerprint density at radius 3 is 2.20 bits per heavy atom. The molecule has 0 aromatic heterocycles. The Hall–Kier alpha value is -4.17. The first kappa shape index (κ1) is 19.2. The van der Waals surface area contributed by atoms with Crippen LogP contribution in [0, 0.1) is 11.3 Å². The molecule has 0 spiro atoms. The Kier molecular flexibility index (Phi) is 5.15. The lowest BCUT2D eigenvalue weighted by Gasteiger charge is -2.14. The summed E-state index contributed by atoms with van der Waals surface area (Å²) in [6, 6.07) is 21.9. The third-order valence-electron chi connectivity index (χ3n) is 5.01. The summed E-state index contributed by atoms with van der Waals surface area (Å²) in [4.78, 5) is 26.3. The number of imide groups is 1. The molecule has 0 N–H and O–H groups in total. The molecule has 0 radical (unpaired) electrons. The summed E-state index contributed by atoms with van der Waals surface area (Å²) in [6.45, 7) is 0.231. The van der Waals surface area contributed by atoms with Crippen LogP contribution in [-0.4, -0.2) is 23.8 Å². The number of carbonyl (C=O) groups is 2. The van der Waals surface area contributed by atoms with Crippen molar-refractivity contribution in [1.82, 2.24) is 4.90 Å². The molecule has 1 aliphatic heterocycles. The maximum Gasteiger partial charge on any atom is 0.261 e. The molecular weight excluding hydrogens is 376 g/mol. The lowest BCUT2D eigenvalue weighted by Crippen LogP contribution is -2.29. The molecule has 0 saturated carbocycles. The van der Waals surface area contributed by atoms with E-state index >= 15 is 0 Å². The minimum atomic E-state index is -0.260. The zero-order valence-corrected chi connectivity index (χ0v) is 16.3. The second-order valence-corrected chi connectivity index (χ2v) is 6.89. The first-order valence-electron chi connectivity index (χ1n) is 9.41. The summed E-state index contributed by atoms with van der Waals surface area (Å²) >= 11 is 0. The van der Waals surface area contributed by atoms with Gasteiger partial charge in [0.15, 0.2) is 0 Å². The van der Waals surface area contributed by atoms with E-state index in [0.29, 0.717) is 22.4 Å². The van der Waals surface area contributed by atoms with Gasteiger partial charge in [-0.2, -0.15) is 5.26 Å². The SMILES string of the molecule is COc1ccc(C#N)cc1/C=C/c1ccc(CN2C(=O)c3ccccc3C2=O)cc1. The molecule has 1 aliphatic rings. The quantitative estimate of drug-likeness (QED) is 0.471. The Morgan fingerprint density at radius 2 is 1.60 bits per heavy atom. The third kappa shape index (κ3) is 3.59. The molecule has 0 bridgehead atoms. The van der Waals surface area contributed by atoms with Crippen LogP contribution < -0.4 is 4.74 Å². The molecule has 3 aromatic rings. The van der Waals surface area contributed by atoms with E-state index in [1.165, 1.54) is 4.90 Å². The predicted molar refractivity (Wildman–Crippen MR) is 114 cm³/mol. The van der Waals surface area contributed by atoms with Crippen LogP contribution in [0.3, 0.4) is 0 Å². The van der Waals surface area contributed by atoms with Crippen LogP contribution in [0.4, 0.5) is 0 Å². The van der Waals surface area contributed by atoms with Gasteiger partial charge >= 0.3 is 0 Å². The van der Waals surface area contributed by atoms with Gasteiger partial charge in [0.25, 0.3) is 11.8 Å². The van der Waals surface area contributed by atoms with Crippen molar-refractivity contribution in [3.63, 3.8) is 0 Å². The largest absolute Gasteiger partial charge is 0.496 e. The highest BCUT2D eigenvalue weighted by Crippen LogP contribution is 2.25. The number of benzene rings is 3. The average molecular weight is 394 g/mol. The van der Waals surface area contributed by atoms with Gasteiger partial charge in [-0.15, -0.1) is 0 Å². The number of carbonyl (C=O) groups excluding carboxylic acids is 2. The molecule has 1 heterocycles. The van der Waals surface area contributed by atoms with Crippen molar-refractivity contribution in [2.75, 3.05) is 7.11 Å². The number of hydrogen-bond acceptors (Lipinski definition) is 4. The van der Waals surface area contributed by atoms with Gasteiger partial charge in [-0.05, 0) is 41.5 Å². The van der Waals surface area contributed by atoms with Crippen LogP contribution in [0.5, 0.6) is 5.75 Å². The number of amides is 2. The third-order valence-corrected chi connectivity index (χ3v) is 5.01. The average Bonchev–Trinajstić information content (AvgIpc) is 3.03. The van der Waals surface area contributed by atoms with Crippen molar-refractivity contribution in [1.29, 1.82) is 5.26 Å². The molecule has 2 amide bonds. The Labute approximate surface area is 174 Å². The van der Waals surface area contributed by atoms with E-state index in [0.717, 1.165) is 16.7 Å². The highest BCUT2D eigenvalue weighted by Gasteiger charge is 2.34. The Bertz CT molecular complexity index is 1170. The zero-order chi connectivity index (χ0) is 21.1. The normalized spacial score (nSPS) is 12.9. The molecule has 0 aliphatic carbocycles. The molecule has 3 aromatic carbocycles. The first-order valence-corrected chi connectivity index (χ1v) is 9.41. The minimum absolute atomic E-state index is 0.231. The van der Waals surface area contributed by atoms with Gasteiger partial charge in [0.05, 0.1) is 36.4 Å². The Morgan fingerprint density at radius 1 is 0.933 bits per heavy atom. The molecule has 0 atom stereocenters. The van der Waals surface area contributed by atoms with Gasteiger partial charge < -0.3 is 4.74 Å². The minimum Gasteiger partial charge on any atom is -0.496 e. The Balaban J connectivity index is 1.49. The van der Waals surface area contributed by atoms with Gasteiger partial charge in [0, 0.05) is 5.56 Å². The van der Waals surface area contributed by atoms with Gasteiger partial charge in [0.2, 0.25) is 0 Å². The van der Waals surface area contributed by atoms with Crippen molar-refractivity contribution in [2.24, 2.45) is 0 Å². The summed E-state index contributed by atoms with van der Waals surface area (Å²) in [6.07, 6.45) is 3.81. The maximum absolute atomic E-state index is 12.5. The van der Waals surface area contributed by atoms with Crippen molar-refractivity contribution in [2.45, 2.75) is 6.54 Å². The van der Waals surface area contributed by atoms with Crippen LogP contribution in [-0.2, 0) is 6.54 Å². The smallest absolute Gasteiger partial charge is 0.261 e. The van der Waals surface area contributed by atoms with Crippen molar-refractivity contribution < 1.29 is 14.3 Å².